The number of halogens is 1. The van der Waals surface area contributed by atoms with Crippen molar-refractivity contribution in [2.24, 2.45) is 5.92 Å². The lowest BCUT2D eigenvalue weighted by atomic mass is 10.1. The summed E-state index contributed by atoms with van der Waals surface area (Å²) in [4.78, 5) is 10.3. The Morgan fingerprint density at radius 1 is 1.33 bits per heavy atom. The number of likely N-dealkylation sites (tertiary alicyclic amines) is 1. The van der Waals surface area contributed by atoms with Crippen LogP contribution in [0.3, 0.4) is 0 Å². The number of nitrogens with zero attached hydrogens (tertiary/aromatic N) is 5. The smallest absolute Gasteiger partial charge is 0.214 e. The van der Waals surface area contributed by atoms with E-state index in [-0.39, 0.29) is 0 Å². The highest BCUT2D eigenvalue weighted by Crippen LogP contribution is 2.28. The van der Waals surface area contributed by atoms with Gasteiger partial charge in [0.2, 0.25) is 10.1 Å². The maximum atomic E-state index is 5.95. The molecule has 0 amide bonds. The number of hydrogen-bond donors (Lipinski definition) is 0. The van der Waals surface area contributed by atoms with Gasteiger partial charge in [0.15, 0.2) is 0 Å². The Bertz CT molecular complexity index is 809. The Morgan fingerprint density at radius 3 is 2.79 bits per heavy atom. The lowest BCUT2D eigenvalue weighted by Crippen LogP contribution is -2.27. The van der Waals surface area contributed by atoms with E-state index in [9.17, 15) is 0 Å². The summed E-state index contributed by atoms with van der Waals surface area (Å²) in [7, 11) is 4.31. The Morgan fingerprint density at radius 2 is 2.12 bits per heavy atom. The van der Waals surface area contributed by atoms with Gasteiger partial charge in [-0.05, 0) is 38.1 Å². The molecule has 5 nitrogen and oxygen atoms in total. The number of aromatic nitrogens is 3. The SMILES string of the molecule is CN1CCC(CN(C)c2nn3cc(-c4ccc(Cl)cc4)nc3s2)C1. The van der Waals surface area contributed by atoms with Crippen molar-refractivity contribution < 1.29 is 0 Å². The van der Waals surface area contributed by atoms with Gasteiger partial charge in [-0.15, -0.1) is 5.10 Å². The lowest BCUT2D eigenvalue weighted by Gasteiger charge is -2.19. The van der Waals surface area contributed by atoms with Gasteiger partial charge in [-0.2, -0.15) is 0 Å². The van der Waals surface area contributed by atoms with E-state index >= 15 is 0 Å². The normalized spacial score (nSPS) is 18.5. The molecule has 24 heavy (non-hydrogen) atoms. The van der Waals surface area contributed by atoms with Gasteiger partial charge in [-0.1, -0.05) is 35.1 Å². The number of hydrogen-bond acceptors (Lipinski definition) is 5. The minimum atomic E-state index is 0.723. The second-order valence-electron chi connectivity index (χ2n) is 6.54. The summed E-state index contributed by atoms with van der Waals surface area (Å²) in [5.74, 6) is 0.723. The molecule has 126 valence electrons. The standard InChI is InChI=1S/C17H20ClN5S/c1-21-8-7-12(9-21)10-22(2)17-20-23-11-15(19-16(23)24-17)13-3-5-14(18)6-4-13/h3-6,11-12H,7-10H2,1-2H3. The molecule has 0 radical (unpaired) electrons. The molecule has 0 bridgehead atoms. The fourth-order valence-electron chi connectivity index (χ4n) is 3.24. The average Bonchev–Trinajstić information content (AvgIpc) is 3.22. The van der Waals surface area contributed by atoms with Crippen molar-refractivity contribution in [2.75, 3.05) is 38.6 Å². The van der Waals surface area contributed by atoms with Crippen LogP contribution in [0.2, 0.25) is 5.02 Å². The van der Waals surface area contributed by atoms with Gasteiger partial charge in [-0.3, -0.25) is 0 Å². The Kier molecular flexibility index (Phi) is 4.20. The molecule has 0 aliphatic carbocycles. The first-order valence-corrected chi connectivity index (χ1v) is 9.30. The summed E-state index contributed by atoms with van der Waals surface area (Å²) in [5, 5.41) is 6.45. The van der Waals surface area contributed by atoms with Crippen molar-refractivity contribution in [2.45, 2.75) is 6.42 Å². The van der Waals surface area contributed by atoms with Gasteiger partial charge < -0.3 is 9.80 Å². The molecule has 1 aromatic carbocycles. The summed E-state index contributed by atoms with van der Waals surface area (Å²) < 4.78 is 1.88. The predicted molar refractivity (Wildman–Crippen MR) is 100 cm³/mol. The molecule has 2 aromatic heterocycles. The zero-order valence-electron chi connectivity index (χ0n) is 13.8. The van der Waals surface area contributed by atoms with Gasteiger partial charge in [0.1, 0.15) is 0 Å². The molecule has 1 saturated heterocycles. The summed E-state index contributed by atoms with van der Waals surface area (Å²) in [6.45, 7) is 3.42. The Balaban J connectivity index is 1.52. The van der Waals surface area contributed by atoms with Crippen LogP contribution in [0.5, 0.6) is 0 Å². The van der Waals surface area contributed by atoms with Crippen molar-refractivity contribution in [1.29, 1.82) is 0 Å². The first kappa shape index (κ1) is 15.9. The third-order valence-electron chi connectivity index (χ3n) is 4.52. The lowest BCUT2D eigenvalue weighted by molar-refractivity contribution is 0.396. The fourth-order valence-corrected chi connectivity index (χ4v) is 4.22. The van der Waals surface area contributed by atoms with E-state index in [1.807, 2.05) is 35.0 Å². The van der Waals surface area contributed by atoms with Crippen molar-refractivity contribution in [1.82, 2.24) is 19.5 Å². The fraction of sp³-hybridized carbons (Fsp3) is 0.412. The van der Waals surface area contributed by atoms with Crippen LogP contribution >= 0.6 is 22.9 Å². The molecule has 0 spiro atoms. The van der Waals surface area contributed by atoms with Crippen molar-refractivity contribution in [3.63, 3.8) is 0 Å². The number of rotatable bonds is 4. The average molecular weight is 362 g/mol. The van der Waals surface area contributed by atoms with E-state index in [2.05, 4.69) is 23.9 Å². The van der Waals surface area contributed by atoms with E-state index in [1.165, 1.54) is 19.5 Å². The topological polar surface area (TPSA) is 36.7 Å². The van der Waals surface area contributed by atoms with Crippen LogP contribution in [0.25, 0.3) is 16.2 Å². The van der Waals surface area contributed by atoms with Crippen LogP contribution in [0.4, 0.5) is 5.13 Å². The first-order chi connectivity index (χ1) is 11.6. The predicted octanol–water partition coefficient (Wildman–Crippen LogP) is 3.50. The molecule has 1 aliphatic rings. The number of imidazole rings is 1. The van der Waals surface area contributed by atoms with Crippen molar-refractivity contribution >= 4 is 33.0 Å². The molecule has 1 atom stereocenters. The molecule has 4 rings (SSSR count). The van der Waals surface area contributed by atoms with Gasteiger partial charge in [0, 0.05) is 30.7 Å². The van der Waals surface area contributed by atoms with Gasteiger partial charge >= 0.3 is 0 Å². The minimum absolute atomic E-state index is 0.723. The van der Waals surface area contributed by atoms with Crippen LogP contribution < -0.4 is 4.90 Å². The number of fused-ring (bicyclic) bond motifs is 1. The van der Waals surface area contributed by atoms with E-state index in [0.717, 1.165) is 38.8 Å². The molecular weight excluding hydrogens is 342 g/mol. The van der Waals surface area contributed by atoms with Crippen LogP contribution in [0, 0.1) is 5.92 Å². The zero-order chi connectivity index (χ0) is 16.7. The van der Waals surface area contributed by atoms with Crippen molar-refractivity contribution in [3.05, 3.63) is 35.5 Å². The molecule has 7 heteroatoms. The zero-order valence-corrected chi connectivity index (χ0v) is 15.4. The molecule has 1 aliphatic heterocycles. The highest BCUT2D eigenvalue weighted by Gasteiger charge is 2.22. The number of benzene rings is 1. The van der Waals surface area contributed by atoms with Gasteiger partial charge in [0.05, 0.1) is 11.9 Å². The third kappa shape index (κ3) is 3.14. The second kappa shape index (κ2) is 6.35. The Labute approximate surface area is 150 Å². The van der Waals surface area contributed by atoms with Crippen LogP contribution in [0.15, 0.2) is 30.5 Å². The summed E-state index contributed by atoms with van der Waals surface area (Å²) >= 11 is 7.58. The first-order valence-electron chi connectivity index (χ1n) is 8.10. The van der Waals surface area contributed by atoms with E-state index in [4.69, 9.17) is 21.7 Å². The van der Waals surface area contributed by atoms with Gasteiger partial charge in [-0.25, -0.2) is 9.50 Å². The van der Waals surface area contributed by atoms with E-state index in [0.29, 0.717) is 0 Å². The van der Waals surface area contributed by atoms with Crippen molar-refractivity contribution in [3.8, 4) is 11.3 Å². The molecule has 0 saturated carbocycles. The number of anilines is 1. The highest BCUT2D eigenvalue weighted by molar-refractivity contribution is 7.20. The molecule has 3 heterocycles. The molecular formula is C17H20ClN5S. The second-order valence-corrected chi connectivity index (χ2v) is 7.91. The highest BCUT2D eigenvalue weighted by atomic mass is 35.5. The molecule has 1 unspecified atom stereocenters. The van der Waals surface area contributed by atoms with E-state index < -0.39 is 0 Å². The minimum Gasteiger partial charge on any atom is -0.349 e. The maximum Gasteiger partial charge on any atom is 0.214 e. The van der Waals surface area contributed by atoms with Crippen LogP contribution in [-0.2, 0) is 0 Å². The summed E-state index contributed by atoms with van der Waals surface area (Å²) in [6.07, 6.45) is 3.25. The molecule has 1 fully saturated rings. The summed E-state index contributed by atoms with van der Waals surface area (Å²) in [5.41, 5.74) is 1.98. The third-order valence-corrected chi connectivity index (χ3v) is 5.81. The van der Waals surface area contributed by atoms with Crippen LogP contribution in [0.1, 0.15) is 6.42 Å². The van der Waals surface area contributed by atoms with Crippen LogP contribution in [-0.4, -0.2) is 53.2 Å². The maximum absolute atomic E-state index is 5.95. The van der Waals surface area contributed by atoms with E-state index in [1.54, 1.807) is 11.3 Å². The Hall–Kier alpha value is -1.63. The largest absolute Gasteiger partial charge is 0.349 e. The quantitative estimate of drug-likeness (QED) is 0.712. The van der Waals surface area contributed by atoms with Gasteiger partial charge in [0.25, 0.3) is 0 Å². The molecule has 3 aromatic rings. The monoisotopic (exact) mass is 361 g/mol. The summed E-state index contributed by atoms with van der Waals surface area (Å²) in [6, 6.07) is 7.74. The molecule has 0 N–H and O–H groups in total.